The highest BCUT2D eigenvalue weighted by atomic mass is 16.6. The fraction of sp³-hybridized carbons (Fsp3) is 0.429. The second-order valence-corrected chi connectivity index (χ2v) is 5.34. The molecule has 0 saturated heterocycles. The normalized spacial score (nSPS) is 10.8. The largest absolute Gasteiger partial charge is 0.482 e. The van der Waals surface area contributed by atoms with E-state index in [1.807, 2.05) is 6.92 Å². The van der Waals surface area contributed by atoms with Crippen molar-refractivity contribution in [1.29, 1.82) is 0 Å². The van der Waals surface area contributed by atoms with Gasteiger partial charge in [-0.3, -0.25) is 5.32 Å². The molecule has 1 rings (SSSR count). The summed E-state index contributed by atoms with van der Waals surface area (Å²) in [6.45, 7) is 6.68. The van der Waals surface area contributed by atoms with Crippen molar-refractivity contribution >= 4 is 17.7 Å². The van der Waals surface area contributed by atoms with Crippen LogP contribution in [0.2, 0.25) is 0 Å². The molecule has 0 fully saturated rings. The van der Waals surface area contributed by atoms with Crippen molar-refractivity contribution in [2.24, 2.45) is 0 Å². The first kappa shape index (κ1) is 15.8. The summed E-state index contributed by atoms with van der Waals surface area (Å²) in [5, 5.41) is 11.2. The molecule has 0 radical (unpaired) electrons. The molecule has 0 spiro atoms. The van der Waals surface area contributed by atoms with Gasteiger partial charge in [0.05, 0.1) is 0 Å². The van der Waals surface area contributed by atoms with Crippen molar-refractivity contribution in [2.75, 3.05) is 11.9 Å². The third-order valence-corrected chi connectivity index (χ3v) is 2.06. The van der Waals surface area contributed by atoms with Crippen LogP contribution in [-0.2, 0) is 9.53 Å². The van der Waals surface area contributed by atoms with E-state index in [9.17, 15) is 9.59 Å². The van der Waals surface area contributed by atoms with Crippen LogP contribution in [0.5, 0.6) is 5.75 Å². The van der Waals surface area contributed by atoms with E-state index in [2.05, 4.69) is 5.32 Å². The smallest absolute Gasteiger partial charge is 0.412 e. The quantitative estimate of drug-likeness (QED) is 0.886. The van der Waals surface area contributed by atoms with Crippen LogP contribution in [0.25, 0.3) is 0 Å². The number of aliphatic carboxylic acids is 1. The van der Waals surface area contributed by atoms with E-state index < -0.39 is 24.3 Å². The molecule has 6 nitrogen and oxygen atoms in total. The molecule has 0 aliphatic rings. The standard InChI is InChI=1S/C14H19NO5/c1-9-5-10(15-13(18)20-14(2,3)4)7-11(6-9)19-8-12(16)17/h5-7H,8H2,1-4H3,(H,15,18)(H,16,17). The number of rotatable bonds is 4. The van der Waals surface area contributed by atoms with Gasteiger partial charge >= 0.3 is 12.1 Å². The van der Waals surface area contributed by atoms with Gasteiger partial charge in [0.25, 0.3) is 0 Å². The van der Waals surface area contributed by atoms with E-state index >= 15 is 0 Å². The Morgan fingerprint density at radius 3 is 2.45 bits per heavy atom. The van der Waals surface area contributed by atoms with Gasteiger partial charge in [-0.2, -0.15) is 0 Å². The van der Waals surface area contributed by atoms with Crippen LogP contribution >= 0.6 is 0 Å². The summed E-state index contributed by atoms with van der Waals surface area (Å²) in [6, 6.07) is 4.96. The summed E-state index contributed by atoms with van der Waals surface area (Å²) in [5.74, 6) is -0.688. The van der Waals surface area contributed by atoms with Crippen LogP contribution in [-0.4, -0.2) is 29.4 Å². The molecule has 20 heavy (non-hydrogen) atoms. The number of benzene rings is 1. The fourth-order valence-corrected chi connectivity index (χ4v) is 1.47. The average Bonchev–Trinajstić information content (AvgIpc) is 2.22. The molecule has 0 aromatic heterocycles. The third-order valence-electron chi connectivity index (χ3n) is 2.06. The van der Waals surface area contributed by atoms with Gasteiger partial charge in [0.2, 0.25) is 0 Å². The Morgan fingerprint density at radius 2 is 1.90 bits per heavy atom. The Kier molecular flexibility index (Phi) is 4.96. The van der Waals surface area contributed by atoms with Crippen molar-refractivity contribution in [3.05, 3.63) is 23.8 Å². The predicted molar refractivity (Wildman–Crippen MR) is 74.2 cm³/mol. The van der Waals surface area contributed by atoms with E-state index in [-0.39, 0.29) is 0 Å². The minimum absolute atomic E-state index is 0.374. The summed E-state index contributed by atoms with van der Waals surface area (Å²) in [4.78, 5) is 22.1. The predicted octanol–water partition coefficient (Wildman–Crippen LogP) is 2.81. The van der Waals surface area contributed by atoms with Crippen molar-refractivity contribution in [1.82, 2.24) is 0 Å². The maximum Gasteiger partial charge on any atom is 0.412 e. The number of hydrogen-bond donors (Lipinski definition) is 2. The van der Waals surface area contributed by atoms with Crippen molar-refractivity contribution in [3.63, 3.8) is 0 Å². The average molecular weight is 281 g/mol. The first-order chi connectivity index (χ1) is 9.15. The number of hydrogen-bond acceptors (Lipinski definition) is 4. The second kappa shape index (κ2) is 6.27. The number of ether oxygens (including phenoxy) is 2. The van der Waals surface area contributed by atoms with Crippen LogP contribution in [0.3, 0.4) is 0 Å². The SMILES string of the molecule is Cc1cc(NC(=O)OC(C)(C)C)cc(OCC(=O)O)c1. The number of nitrogens with one attached hydrogen (secondary N) is 1. The lowest BCUT2D eigenvalue weighted by molar-refractivity contribution is -0.139. The molecule has 1 aromatic carbocycles. The molecule has 0 unspecified atom stereocenters. The van der Waals surface area contributed by atoms with Crippen LogP contribution in [0.4, 0.5) is 10.5 Å². The summed E-state index contributed by atoms with van der Waals surface area (Å²) in [6.07, 6.45) is -0.577. The number of amides is 1. The Hall–Kier alpha value is -2.24. The highest BCUT2D eigenvalue weighted by molar-refractivity contribution is 5.85. The Labute approximate surface area is 117 Å². The van der Waals surface area contributed by atoms with Crippen LogP contribution in [0.1, 0.15) is 26.3 Å². The second-order valence-electron chi connectivity index (χ2n) is 5.34. The summed E-state index contributed by atoms with van der Waals surface area (Å²) < 4.78 is 10.2. The molecule has 0 aliphatic heterocycles. The molecule has 0 aliphatic carbocycles. The Balaban J connectivity index is 2.75. The molecule has 2 N–H and O–H groups in total. The van der Waals surface area contributed by atoms with Crippen LogP contribution < -0.4 is 10.1 Å². The minimum Gasteiger partial charge on any atom is -0.482 e. The van der Waals surface area contributed by atoms with Gasteiger partial charge in [-0.1, -0.05) is 0 Å². The molecule has 0 saturated carbocycles. The van der Waals surface area contributed by atoms with E-state index in [4.69, 9.17) is 14.6 Å². The monoisotopic (exact) mass is 281 g/mol. The maximum atomic E-state index is 11.6. The molecule has 0 bridgehead atoms. The Morgan fingerprint density at radius 1 is 1.25 bits per heavy atom. The van der Waals surface area contributed by atoms with E-state index in [0.717, 1.165) is 5.56 Å². The van der Waals surface area contributed by atoms with Crippen molar-refractivity contribution in [3.8, 4) is 5.75 Å². The van der Waals surface area contributed by atoms with E-state index in [0.29, 0.717) is 11.4 Å². The molecule has 0 atom stereocenters. The number of anilines is 1. The van der Waals surface area contributed by atoms with Gasteiger partial charge in [0.15, 0.2) is 6.61 Å². The number of carboxylic acids is 1. The number of carbonyl (C=O) groups excluding carboxylic acids is 1. The van der Waals surface area contributed by atoms with Gasteiger partial charge in [-0.05, 0) is 45.4 Å². The maximum absolute atomic E-state index is 11.6. The van der Waals surface area contributed by atoms with E-state index in [1.165, 1.54) is 0 Å². The van der Waals surface area contributed by atoms with Gasteiger partial charge in [-0.15, -0.1) is 0 Å². The third kappa shape index (κ3) is 6.08. The van der Waals surface area contributed by atoms with Crippen molar-refractivity contribution < 1.29 is 24.2 Å². The molecule has 1 amide bonds. The number of carboxylic acid groups (broad SMARTS) is 1. The summed E-state index contributed by atoms with van der Waals surface area (Å²) >= 11 is 0. The molecule has 6 heteroatoms. The van der Waals surface area contributed by atoms with Gasteiger partial charge < -0.3 is 14.6 Å². The zero-order chi connectivity index (χ0) is 15.3. The van der Waals surface area contributed by atoms with Crippen molar-refractivity contribution in [2.45, 2.75) is 33.3 Å². The fourth-order valence-electron chi connectivity index (χ4n) is 1.47. The molecular weight excluding hydrogens is 262 g/mol. The van der Waals surface area contributed by atoms with E-state index in [1.54, 1.807) is 39.0 Å². The number of aryl methyl sites for hydroxylation is 1. The van der Waals surface area contributed by atoms with Gasteiger partial charge in [0.1, 0.15) is 11.4 Å². The molecular formula is C14H19NO5. The summed E-state index contributed by atoms with van der Waals surface area (Å²) in [7, 11) is 0. The molecule has 0 heterocycles. The lowest BCUT2D eigenvalue weighted by Gasteiger charge is -2.20. The zero-order valence-electron chi connectivity index (χ0n) is 12.0. The Bertz CT molecular complexity index is 505. The minimum atomic E-state index is -1.06. The van der Waals surface area contributed by atoms with Gasteiger partial charge in [0, 0.05) is 11.8 Å². The first-order valence-corrected chi connectivity index (χ1v) is 6.12. The first-order valence-electron chi connectivity index (χ1n) is 6.12. The highest BCUT2D eigenvalue weighted by Crippen LogP contribution is 2.21. The van der Waals surface area contributed by atoms with Crippen LogP contribution in [0.15, 0.2) is 18.2 Å². The zero-order valence-corrected chi connectivity index (χ0v) is 12.0. The topological polar surface area (TPSA) is 84.9 Å². The molecule has 1 aromatic rings. The number of carbonyl (C=O) groups is 2. The highest BCUT2D eigenvalue weighted by Gasteiger charge is 2.16. The lowest BCUT2D eigenvalue weighted by Crippen LogP contribution is -2.27. The van der Waals surface area contributed by atoms with Crippen LogP contribution in [0, 0.1) is 6.92 Å². The lowest BCUT2D eigenvalue weighted by atomic mass is 10.2. The molecule has 110 valence electrons. The van der Waals surface area contributed by atoms with Gasteiger partial charge in [-0.25, -0.2) is 9.59 Å². The summed E-state index contributed by atoms with van der Waals surface area (Å²) in [5.41, 5.74) is 0.731.